The Morgan fingerprint density at radius 1 is 1.42 bits per heavy atom. The number of halogens is 1. The van der Waals surface area contributed by atoms with E-state index in [2.05, 4.69) is 15.4 Å². The van der Waals surface area contributed by atoms with Gasteiger partial charge in [-0.15, -0.1) is 0 Å². The zero-order valence-corrected chi connectivity index (χ0v) is 14.6. The standard InChI is InChI=1S/C16H22ClN5O2/c1-12(15-18-11-19-21(15)2)20-16(24)22(8-3-9-23)10-13-4-6-14(17)7-5-13/h4-7,11-12,23H,3,8-10H2,1-2H3,(H,20,24)/t12-/m0/s1. The van der Waals surface area contributed by atoms with Gasteiger partial charge in [0.15, 0.2) is 0 Å². The molecule has 0 fully saturated rings. The number of carbonyl (C=O) groups is 1. The van der Waals surface area contributed by atoms with Gasteiger partial charge in [0.05, 0.1) is 6.04 Å². The van der Waals surface area contributed by atoms with E-state index >= 15 is 0 Å². The summed E-state index contributed by atoms with van der Waals surface area (Å²) in [5.41, 5.74) is 0.971. The van der Waals surface area contributed by atoms with E-state index < -0.39 is 0 Å². The fourth-order valence-electron chi connectivity index (χ4n) is 2.36. The Labute approximate surface area is 146 Å². The predicted molar refractivity (Wildman–Crippen MR) is 91.5 cm³/mol. The van der Waals surface area contributed by atoms with Crippen LogP contribution in [0.15, 0.2) is 30.6 Å². The van der Waals surface area contributed by atoms with Crippen LogP contribution < -0.4 is 5.32 Å². The Hall–Kier alpha value is -2.12. The van der Waals surface area contributed by atoms with Crippen molar-refractivity contribution in [3.63, 3.8) is 0 Å². The van der Waals surface area contributed by atoms with E-state index in [-0.39, 0.29) is 18.7 Å². The third kappa shape index (κ3) is 4.94. The van der Waals surface area contributed by atoms with E-state index in [1.165, 1.54) is 6.33 Å². The van der Waals surface area contributed by atoms with Crippen molar-refractivity contribution in [2.75, 3.05) is 13.2 Å². The van der Waals surface area contributed by atoms with Gasteiger partial charge in [-0.05, 0) is 31.0 Å². The van der Waals surface area contributed by atoms with Crippen LogP contribution >= 0.6 is 11.6 Å². The van der Waals surface area contributed by atoms with Crippen molar-refractivity contribution in [3.8, 4) is 0 Å². The lowest BCUT2D eigenvalue weighted by atomic mass is 10.2. The maximum absolute atomic E-state index is 12.6. The maximum Gasteiger partial charge on any atom is 0.318 e. The van der Waals surface area contributed by atoms with E-state index in [0.29, 0.717) is 30.4 Å². The van der Waals surface area contributed by atoms with Crippen molar-refractivity contribution in [1.82, 2.24) is 25.0 Å². The van der Waals surface area contributed by atoms with Crippen LogP contribution in [0.4, 0.5) is 4.79 Å². The summed E-state index contributed by atoms with van der Waals surface area (Å²) in [4.78, 5) is 18.4. The van der Waals surface area contributed by atoms with Crippen molar-refractivity contribution >= 4 is 17.6 Å². The normalized spacial score (nSPS) is 12.0. The quantitative estimate of drug-likeness (QED) is 0.800. The minimum Gasteiger partial charge on any atom is -0.396 e. The van der Waals surface area contributed by atoms with E-state index in [0.717, 1.165) is 5.56 Å². The van der Waals surface area contributed by atoms with Crippen molar-refractivity contribution in [3.05, 3.63) is 47.0 Å². The monoisotopic (exact) mass is 351 g/mol. The highest BCUT2D eigenvalue weighted by Crippen LogP contribution is 2.13. The van der Waals surface area contributed by atoms with Gasteiger partial charge in [-0.25, -0.2) is 9.78 Å². The molecule has 0 unspecified atom stereocenters. The highest BCUT2D eigenvalue weighted by Gasteiger charge is 2.19. The number of aliphatic hydroxyl groups excluding tert-OH is 1. The van der Waals surface area contributed by atoms with E-state index in [9.17, 15) is 4.79 Å². The largest absolute Gasteiger partial charge is 0.396 e. The summed E-state index contributed by atoms with van der Waals surface area (Å²) >= 11 is 5.89. The lowest BCUT2D eigenvalue weighted by molar-refractivity contribution is 0.183. The van der Waals surface area contributed by atoms with Gasteiger partial charge in [0.1, 0.15) is 12.2 Å². The number of hydrogen-bond donors (Lipinski definition) is 2. The van der Waals surface area contributed by atoms with Gasteiger partial charge in [-0.3, -0.25) is 4.68 Å². The molecule has 2 rings (SSSR count). The topological polar surface area (TPSA) is 83.3 Å². The Bertz CT molecular complexity index is 659. The van der Waals surface area contributed by atoms with Crippen LogP contribution in [0.1, 0.15) is 30.8 Å². The van der Waals surface area contributed by atoms with E-state index in [1.54, 1.807) is 28.8 Å². The number of benzene rings is 1. The summed E-state index contributed by atoms with van der Waals surface area (Å²) in [5, 5.41) is 16.7. The average Bonchev–Trinajstić information content (AvgIpc) is 2.99. The molecule has 2 aromatic rings. The SMILES string of the molecule is C[C@H](NC(=O)N(CCCO)Cc1ccc(Cl)cc1)c1ncnn1C. The summed E-state index contributed by atoms with van der Waals surface area (Å²) < 4.78 is 1.63. The molecule has 24 heavy (non-hydrogen) atoms. The van der Waals surface area contributed by atoms with Crippen molar-refractivity contribution in [1.29, 1.82) is 0 Å². The second-order valence-corrected chi connectivity index (χ2v) is 5.97. The predicted octanol–water partition coefficient (Wildman–Crippen LogP) is 2.12. The molecule has 0 aliphatic heterocycles. The summed E-state index contributed by atoms with van der Waals surface area (Å²) in [6.45, 7) is 2.78. The Kier molecular flexibility index (Phi) is 6.57. The average molecular weight is 352 g/mol. The number of amides is 2. The first-order chi connectivity index (χ1) is 11.5. The first-order valence-corrected chi connectivity index (χ1v) is 8.13. The van der Waals surface area contributed by atoms with Gasteiger partial charge in [0, 0.05) is 31.8 Å². The number of nitrogens with zero attached hydrogens (tertiary/aromatic N) is 4. The van der Waals surface area contributed by atoms with Gasteiger partial charge in [-0.2, -0.15) is 5.10 Å². The van der Waals surface area contributed by atoms with Gasteiger partial charge in [-0.1, -0.05) is 23.7 Å². The maximum atomic E-state index is 12.6. The molecular formula is C16H22ClN5O2. The minimum atomic E-state index is -0.271. The van der Waals surface area contributed by atoms with Crippen LogP contribution in [0.3, 0.4) is 0 Å². The Balaban J connectivity index is 2.04. The van der Waals surface area contributed by atoms with Gasteiger partial charge in [0.25, 0.3) is 0 Å². The number of rotatable bonds is 7. The van der Waals surface area contributed by atoms with Crippen LogP contribution in [0.5, 0.6) is 0 Å². The van der Waals surface area contributed by atoms with Crippen LogP contribution in [0, 0.1) is 0 Å². The zero-order valence-electron chi connectivity index (χ0n) is 13.8. The minimum absolute atomic E-state index is 0.0310. The molecule has 0 aliphatic carbocycles. The van der Waals surface area contributed by atoms with Gasteiger partial charge >= 0.3 is 6.03 Å². The Morgan fingerprint density at radius 3 is 2.71 bits per heavy atom. The molecule has 7 nitrogen and oxygen atoms in total. The Morgan fingerprint density at radius 2 is 2.12 bits per heavy atom. The summed E-state index contributed by atoms with van der Waals surface area (Å²) in [6, 6.07) is 6.87. The summed E-state index contributed by atoms with van der Waals surface area (Å²) in [7, 11) is 1.78. The second-order valence-electron chi connectivity index (χ2n) is 5.54. The number of urea groups is 1. The number of carbonyl (C=O) groups excluding carboxylic acids is 1. The smallest absolute Gasteiger partial charge is 0.318 e. The van der Waals surface area contributed by atoms with Crippen molar-refractivity contribution < 1.29 is 9.90 Å². The van der Waals surface area contributed by atoms with Crippen LogP contribution in [0.25, 0.3) is 0 Å². The molecule has 1 atom stereocenters. The molecule has 1 aromatic carbocycles. The molecule has 0 saturated heterocycles. The van der Waals surface area contributed by atoms with E-state index in [1.807, 2.05) is 19.1 Å². The number of hydrogen-bond acceptors (Lipinski definition) is 4. The second kappa shape index (κ2) is 8.65. The van der Waals surface area contributed by atoms with Crippen LogP contribution in [-0.2, 0) is 13.6 Å². The number of aromatic nitrogens is 3. The zero-order chi connectivity index (χ0) is 17.5. The summed E-state index contributed by atoms with van der Waals surface area (Å²) in [6.07, 6.45) is 1.97. The van der Waals surface area contributed by atoms with Crippen LogP contribution in [-0.4, -0.2) is 44.0 Å². The highest BCUT2D eigenvalue weighted by molar-refractivity contribution is 6.30. The highest BCUT2D eigenvalue weighted by atomic mass is 35.5. The third-order valence-electron chi connectivity index (χ3n) is 3.63. The molecule has 2 amide bonds. The molecule has 0 spiro atoms. The van der Waals surface area contributed by atoms with E-state index in [4.69, 9.17) is 16.7 Å². The molecular weight excluding hydrogens is 330 g/mol. The molecule has 8 heteroatoms. The molecule has 1 heterocycles. The molecule has 2 N–H and O–H groups in total. The van der Waals surface area contributed by atoms with Crippen molar-refractivity contribution in [2.24, 2.45) is 7.05 Å². The molecule has 0 radical (unpaired) electrons. The van der Waals surface area contributed by atoms with Crippen molar-refractivity contribution in [2.45, 2.75) is 25.9 Å². The molecule has 1 aromatic heterocycles. The van der Waals surface area contributed by atoms with Crippen LogP contribution in [0.2, 0.25) is 5.02 Å². The first kappa shape index (κ1) is 18.2. The molecule has 130 valence electrons. The molecule has 0 saturated carbocycles. The first-order valence-electron chi connectivity index (χ1n) is 7.76. The third-order valence-corrected chi connectivity index (χ3v) is 3.89. The lowest BCUT2D eigenvalue weighted by Crippen LogP contribution is -2.41. The number of nitrogens with one attached hydrogen (secondary N) is 1. The lowest BCUT2D eigenvalue weighted by Gasteiger charge is -2.25. The number of aryl methyl sites for hydroxylation is 1. The summed E-state index contributed by atoms with van der Waals surface area (Å²) in [5.74, 6) is 0.678. The number of aliphatic hydroxyl groups is 1. The van der Waals surface area contributed by atoms with Gasteiger partial charge < -0.3 is 15.3 Å². The van der Waals surface area contributed by atoms with Gasteiger partial charge in [0.2, 0.25) is 0 Å². The fraction of sp³-hybridized carbons (Fsp3) is 0.438. The molecule has 0 aliphatic rings. The molecule has 0 bridgehead atoms. The fourth-order valence-corrected chi connectivity index (χ4v) is 2.49.